The quantitative estimate of drug-likeness (QED) is 0.538. The maximum absolute atomic E-state index is 13.0. The lowest BCUT2D eigenvalue weighted by Crippen LogP contribution is -2.40. The zero-order valence-electron chi connectivity index (χ0n) is 16.7. The topological polar surface area (TPSA) is 69.8 Å². The van der Waals surface area contributed by atoms with E-state index in [0.29, 0.717) is 24.4 Å². The molecule has 3 unspecified atom stereocenters. The summed E-state index contributed by atoms with van der Waals surface area (Å²) in [5.41, 5.74) is 4.09. The number of aromatic amines is 1. The van der Waals surface area contributed by atoms with Crippen LogP contribution in [0.25, 0.3) is 11.0 Å². The monoisotopic (exact) mass is 446 g/mol. The van der Waals surface area contributed by atoms with Crippen molar-refractivity contribution in [3.05, 3.63) is 66.0 Å². The molecule has 3 heterocycles. The van der Waals surface area contributed by atoms with Crippen LogP contribution in [0.3, 0.4) is 0 Å². The maximum atomic E-state index is 13.0. The van der Waals surface area contributed by atoms with Crippen LogP contribution in [-0.4, -0.2) is 28.0 Å². The zero-order valence-corrected chi connectivity index (χ0v) is 18.3. The van der Waals surface area contributed by atoms with E-state index in [0.717, 1.165) is 35.0 Å². The van der Waals surface area contributed by atoms with Gasteiger partial charge < -0.3 is 15.6 Å². The second kappa shape index (κ2) is 9.82. The Morgan fingerprint density at radius 2 is 1.77 bits per heavy atom. The number of carbonyl (C=O) groups excluding carboxylic acids is 1. The third-order valence-corrected chi connectivity index (χ3v) is 6.26. The molecule has 160 valence electrons. The number of piperidine rings is 1. The Morgan fingerprint density at radius 1 is 1.03 bits per heavy atom. The van der Waals surface area contributed by atoms with Crippen LogP contribution >= 0.6 is 24.8 Å². The Labute approximate surface area is 189 Å². The van der Waals surface area contributed by atoms with Crippen LogP contribution in [0.2, 0.25) is 0 Å². The Balaban J connectivity index is 0.00000128. The number of fused-ring (bicyclic) bond motifs is 3. The van der Waals surface area contributed by atoms with Gasteiger partial charge in [0.15, 0.2) is 0 Å². The summed E-state index contributed by atoms with van der Waals surface area (Å²) in [6, 6.07) is 17.4. The highest BCUT2D eigenvalue weighted by Gasteiger charge is 2.34. The van der Waals surface area contributed by atoms with E-state index >= 15 is 0 Å². The third kappa shape index (κ3) is 4.80. The molecule has 2 aromatic carbocycles. The number of rotatable bonds is 5. The SMILES string of the molecule is Cl.Cl.O=C(CC1CC2CCC(C1)N2)NC(c1ccccc1)c1ccc2nc[nH]c2c1. The number of nitrogens with zero attached hydrogens (tertiary/aromatic N) is 1. The van der Waals surface area contributed by atoms with Crippen molar-refractivity contribution in [3.63, 3.8) is 0 Å². The molecule has 5 rings (SSSR count). The first-order valence-corrected chi connectivity index (χ1v) is 10.3. The van der Waals surface area contributed by atoms with Crippen molar-refractivity contribution in [3.8, 4) is 0 Å². The minimum atomic E-state index is -0.153. The van der Waals surface area contributed by atoms with E-state index in [2.05, 4.69) is 44.9 Å². The molecule has 30 heavy (non-hydrogen) atoms. The lowest BCUT2D eigenvalue weighted by molar-refractivity contribution is -0.122. The Bertz CT molecular complexity index is 966. The molecule has 0 saturated carbocycles. The Morgan fingerprint density at radius 3 is 2.50 bits per heavy atom. The smallest absolute Gasteiger partial charge is 0.221 e. The number of amides is 1. The van der Waals surface area contributed by atoms with Crippen LogP contribution in [-0.2, 0) is 4.79 Å². The van der Waals surface area contributed by atoms with Crippen LogP contribution in [0, 0.1) is 5.92 Å². The average Bonchev–Trinajstić information content (AvgIpc) is 3.32. The number of H-pyrrole nitrogens is 1. The molecule has 7 heteroatoms. The van der Waals surface area contributed by atoms with E-state index < -0.39 is 0 Å². The van der Waals surface area contributed by atoms with Gasteiger partial charge in [-0.25, -0.2) is 4.98 Å². The lowest BCUT2D eigenvalue weighted by atomic mass is 9.89. The van der Waals surface area contributed by atoms with Gasteiger partial charge >= 0.3 is 0 Å². The fourth-order valence-electron chi connectivity index (χ4n) is 4.96. The number of hydrogen-bond donors (Lipinski definition) is 3. The van der Waals surface area contributed by atoms with Crippen LogP contribution < -0.4 is 10.6 Å². The van der Waals surface area contributed by atoms with Crippen molar-refractivity contribution in [2.45, 2.75) is 50.2 Å². The third-order valence-electron chi connectivity index (χ3n) is 6.26. The van der Waals surface area contributed by atoms with Gasteiger partial charge in [0.1, 0.15) is 0 Å². The predicted octanol–water partition coefficient (Wildman–Crippen LogP) is 4.53. The van der Waals surface area contributed by atoms with Crippen LogP contribution in [0.15, 0.2) is 54.9 Å². The fraction of sp³-hybridized carbons (Fsp3) is 0.391. The van der Waals surface area contributed by atoms with Gasteiger partial charge in [0.05, 0.1) is 23.4 Å². The molecule has 0 spiro atoms. The van der Waals surface area contributed by atoms with Gasteiger partial charge in [0, 0.05) is 18.5 Å². The summed E-state index contributed by atoms with van der Waals surface area (Å²) in [6.45, 7) is 0. The standard InChI is InChI=1S/C23H26N4O.2ClH/c28-22(12-15-10-18-7-8-19(11-15)26-18)27-23(16-4-2-1-3-5-16)17-6-9-20-21(13-17)25-14-24-20;;/h1-6,9,13-15,18-19,23,26H,7-8,10-12H2,(H,24,25)(H,27,28);2*1H. The van der Waals surface area contributed by atoms with Crippen molar-refractivity contribution in [1.29, 1.82) is 0 Å². The van der Waals surface area contributed by atoms with E-state index in [4.69, 9.17) is 0 Å². The average molecular weight is 447 g/mol. The summed E-state index contributed by atoms with van der Waals surface area (Å²) in [5, 5.41) is 6.97. The summed E-state index contributed by atoms with van der Waals surface area (Å²) >= 11 is 0. The molecule has 0 radical (unpaired) electrons. The van der Waals surface area contributed by atoms with E-state index in [1.807, 2.05) is 24.3 Å². The van der Waals surface area contributed by atoms with Gasteiger partial charge in [-0.05, 0) is 54.9 Å². The van der Waals surface area contributed by atoms with E-state index in [1.54, 1.807) is 6.33 Å². The second-order valence-electron chi connectivity index (χ2n) is 8.27. The predicted molar refractivity (Wildman–Crippen MR) is 124 cm³/mol. The molecule has 0 aliphatic carbocycles. The minimum absolute atomic E-state index is 0. The summed E-state index contributed by atoms with van der Waals surface area (Å²) in [5.74, 6) is 0.634. The molecule has 2 aliphatic heterocycles. The second-order valence-corrected chi connectivity index (χ2v) is 8.27. The highest BCUT2D eigenvalue weighted by molar-refractivity contribution is 5.85. The van der Waals surface area contributed by atoms with Gasteiger partial charge in [-0.3, -0.25) is 4.79 Å². The fourth-order valence-corrected chi connectivity index (χ4v) is 4.96. The van der Waals surface area contributed by atoms with Crippen LogP contribution in [0.4, 0.5) is 0 Å². The highest BCUT2D eigenvalue weighted by Crippen LogP contribution is 2.33. The van der Waals surface area contributed by atoms with E-state index in [-0.39, 0.29) is 36.8 Å². The number of nitrogens with one attached hydrogen (secondary N) is 3. The van der Waals surface area contributed by atoms with E-state index in [1.165, 1.54) is 12.8 Å². The van der Waals surface area contributed by atoms with Crippen molar-refractivity contribution < 1.29 is 4.79 Å². The first kappa shape index (κ1) is 22.6. The van der Waals surface area contributed by atoms with Crippen molar-refractivity contribution in [1.82, 2.24) is 20.6 Å². The number of carbonyl (C=O) groups is 1. The van der Waals surface area contributed by atoms with Crippen molar-refractivity contribution >= 4 is 41.8 Å². The van der Waals surface area contributed by atoms with Gasteiger partial charge in [0.2, 0.25) is 5.91 Å². The molecule has 2 bridgehead atoms. The summed E-state index contributed by atoms with van der Waals surface area (Å²) in [4.78, 5) is 20.4. The maximum Gasteiger partial charge on any atom is 0.221 e. The number of benzene rings is 2. The van der Waals surface area contributed by atoms with Crippen LogP contribution in [0.1, 0.15) is 49.3 Å². The van der Waals surface area contributed by atoms with Gasteiger partial charge in [-0.15, -0.1) is 24.8 Å². The number of imidazole rings is 1. The molecule has 3 N–H and O–H groups in total. The number of halogens is 2. The van der Waals surface area contributed by atoms with Crippen molar-refractivity contribution in [2.24, 2.45) is 5.92 Å². The highest BCUT2D eigenvalue weighted by atomic mass is 35.5. The molecular formula is C23H28Cl2N4O. The van der Waals surface area contributed by atoms with Crippen LogP contribution in [0.5, 0.6) is 0 Å². The molecule has 2 fully saturated rings. The van der Waals surface area contributed by atoms with Crippen molar-refractivity contribution in [2.75, 3.05) is 0 Å². The minimum Gasteiger partial charge on any atom is -0.345 e. The summed E-state index contributed by atoms with van der Waals surface area (Å²) in [7, 11) is 0. The van der Waals surface area contributed by atoms with Gasteiger partial charge in [-0.1, -0.05) is 36.4 Å². The first-order valence-electron chi connectivity index (χ1n) is 10.3. The lowest BCUT2D eigenvalue weighted by Gasteiger charge is -2.29. The van der Waals surface area contributed by atoms with Gasteiger partial charge in [-0.2, -0.15) is 0 Å². The molecule has 3 atom stereocenters. The molecule has 5 nitrogen and oxygen atoms in total. The molecule has 1 aromatic heterocycles. The molecule has 2 saturated heterocycles. The van der Waals surface area contributed by atoms with E-state index in [9.17, 15) is 4.79 Å². The normalized spacial score (nSPS) is 23.3. The Hall–Kier alpha value is -2.08. The first-order chi connectivity index (χ1) is 13.7. The van der Waals surface area contributed by atoms with Gasteiger partial charge in [0.25, 0.3) is 0 Å². The molecule has 3 aromatic rings. The molecular weight excluding hydrogens is 419 g/mol. The molecule has 2 aliphatic rings. The summed E-state index contributed by atoms with van der Waals surface area (Å²) in [6.07, 6.45) is 7.10. The Kier molecular flexibility index (Phi) is 7.40. The zero-order chi connectivity index (χ0) is 18.9. The largest absolute Gasteiger partial charge is 0.345 e. The number of hydrogen-bond acceptors (Lipinski definition) is 3. The molecule has 1 amide bonds. The number of aromatic nitrogens is 2. The summed E-state index contributed by atoms with van der Waals surface area (Å²) < 4.78 is 0.